The van der Waals surface area contributed by atoms with Crippen molar-refractivity contribution in [2.24, 2.45) is 7.05 Å². The predicted molar refractivity (Wildman–Crippen MR) is 85.0 cm³/mol. The number of pyridine rings is 1. The van der Waals surface area contributed by atoms with Gasteiger partial charge in [0.05, 0.1) is 16.7 Å². The second-order valence-electron chi connectivity index (χ2n) is 5.11. The van der Waals surface area contributed by atoms with E-state index in [-0.39, 0.29) is 11.0 Å². The molecule has 0 aliphatic carbocycles. The first-order chi connectivity index (χ1) is 11.0. The molecule has 3 aromatic heterocycles. The number of aromatic nitrogens is 4. The molecule has 0 saturated carbocycles. The van der Waals surface area contributed by atoms with Crippen LogP contribution in [-0.2, 0) is 7.05 Å². The maximum Gasteiger partial charge on any atom is 0.208 e. The molecule has 0 fully saturated rings. The predicted octanol–water partition coefficient (Wildman–Crippen LogP) is 4.12. The maximum atomic E-state index is 13.9. The summed E-state index contributed by atoms with van der Waals surface area (Å²) < 4.78 is 28.8. The molecule has 3 heterocycles. The van der Waals surface area contributed by atoms with Crippen LogP contribution in [0.4, 0.5) is 20.4 Å². The molecule has 116 valence electrons. The number of rotatable bonds is 2. The standard InChI is InChI=1S/C15H10ClF2N5/c1-23-14-8(18)4-7(17)5-10(14)20-15(23)21-11-6-19-9-2-3-12(16)22-13(9)11/h2-6,19H,1H3,(H,20,21). The summed E-state index contributed by atoms with van der Waals surface area (Å²) in [5.74, 6) is -0.962. The number of nitrogens with one attached hydrogen (secondary N) is 2. The van der Waals surface area contributed by atoms with Gasteiger partial charge in [-0.2, -0.15) is 0 Å². The molecular formula is C15H10ClF2N5. The van der Waals surface area contributed by atoms with Gasteiger partial charge in [0.2, 0.25) is 5.95 Å². The number of nitrogens with zero attached hydrogens (tertiary/aromatic N) is 3. The van der Waals surface area contributed by atoms with Crippen LogP contribution in [0.1, 0.15) is 0 Å². The molecule has 0 bridgehead atoms. The Morgan fingerprint density at radius 1 is 1.22 bits per heavy atom. The van der Waals surface area contributed by atoms with Crippen LogP contribution in [0.3, 0.4) is 0 Å². The number of hydrogen-bond acceptors (Lipinski definition) is 3. The zero-order valence-electron chi connectivity index (χ0n) is 11.9. The summed E-state index contributed by atoms with van der Waals surface area (Å²) in [4.78, 5) is 11.5. The molecule has 23 heavy (non-hydrogen) atoms. The quantitative estimate of drug-likeness (QED) is 0.542. The minimum atomic E-state index is -0.666. The first-order valence-corrected chi connectivity index (χ1v) is 7.13. The van der Waals surface area contributed by atoms with Crippen molar-refractivity contribution < 1.29 is 8.78 Å². The topological polar surface area (TPSA) is 58.5 Å². The molecule has 0 atom stereocenters. The normalized spacial score (nSPS) is 11.5. The lowest BCUT2D eigenvalue weighted by Gasteiger charge is -2.05. The summed E-state index contributed by atoms with van der Waals surface area (Å²) in [6.45, 7) is 0. The average molecular weight is 334 g/mol. The van der Waals surface area contributed by atoms with Crippen LogP contribution in [0.5, 0.6) is 0 Å². The van der Waals surface area contributed by atoms with Crippen LogP contribution in [0, 0.1) is 11.6 Å². The first-order valence-electron chi connectivity index (χ1n) is 6.75. The van der Waals surface area contributed by atoms with Gasteiger partial charge < -0.3 is 14.9 Å². The number of hydrogen-bond donors (Lipinski definition) is 2. The van der Waals surface area contributed by atoms with Crippen LogP contribution in [0.25, 0.3) is 22.1 Å². The largest absolute Gasteiger partial charge is 0.358 e. The van der Waals surface area contributed by atoms with E-state index in [1.54, 1.807) is 25.4 Å². The molecule has 4 aromatic rings. The van der Waals surface area contributed by atoms with E-state index in [4.69, 9.17) is 11.6 Å². The SMILES string of the molecule is Cn1c(Nc2c[nH]c3ccc(Cl)nc23)nc2cc(F)cc(F)c21. The average Bonchev–Trinajstić information content (AvgIpc) is 3.01. The number of fused-ring (bicyclic) bond motifs is 2. The zero-order chi connectivity index (χ0) is 16.1. The third-order valence-corrected chi connectivity index (χ3v) is 3.83. The van der Waals surface area contributed by atoms with Crippen LogP contribution < -0.4 is 5.32 Å². The van der Waals surface area contributed by atoms with Crippen molar-refractivity contribution in [1.82, 2.24) is 19.5 Å². The van der Waals surface area contributed by atoms with E-state index in [1.165, 1.54) is 10.6 Å². The molecule has 0 aliphatic rings. The molecule has 0 unspecified atom stereocenters. The highest BCUT2D eigenvalue weighted by atomic mass is 35.5. The fourth-order valence-corrected chi connectivity index (χ4v) is 2.72. The third kappa shape index (κ3) is 2.20. The molecule has 0 radical (unpaired) electrons. The highest BCUT2D eigenvalue weighted by molar-refractivity contribution is 6.29. The fraction of sp³-hybridized carbons (Fsp3) is 0.0667. The van der Waals surface area contributed by atoms with Crippen molar-refractivity contribution in [3.05, 3.63) is 47.2 Å². The highest BCUT2D eigenvalue weighted by Gasteiger charge is 2.15. The number of imidazole rings is 1. The highest BCUT2D eigenvalue weighted by Crippen LogP contribution is 2.28. The lowest BCUT2D eigenvalue weighted by Crippen LogP contribution is -1.99. The van der Waals surface area contributed by atoms with Crippen molar-refractivity contribution in [3.63, 3.8) is 0 Å². The van der Waals surface area contributed by atoms with Gasteiger partial charge in [-0.3, -0.25) is 0 Å². The number of anilines is 2. The minimum absolute atomic E-state index is 0.222. The van der Waals surface area contributed by atoms with Gasteiger partial charge in [0.1, 0.15) is 22.0 Å². The molecule has 2 N–H and O–H groups in total. The van der Waals surface area contributed by atoms with Gasteiger partial charge in [-0.25, -0.2) is 18.7 Å². The van der Waals surface area contributed by atoms with Crippen LogP contribution >= 0.6 is 11.6 Å². The minimum Gasteiger partial charge on any atom is -0.358 e. The Morgan fingerprint density at radius 2 is 2.04 bits per heavy atom. The molecule has 0 aliphatic heterocycles. The summed E-state index contributed by atoms with van der Waals surface area (Å²) in [6, 6.07) is 5.51. The first kappa shape index (κ1) is 14.0. The van der Waals surface area contributed by atoms with Gasteiger partial charge in [-0.15, -0.1) is 0 Å². The van der Waals surface area contributed by atoms with E-state index in [9.17, 15) is 8.78 Å². The van der Waals surface area contributed by atoms with Crippen molar-refractivity contribution in [1.29, 1.82) is 0 Å². The Hall–Kier alpha value is -2.67. The second kappa shape index (κ2) is 4.92. The lowest BCUT2D eigenvalue weighted by molar-refractivity contribution is 0.588. The lowest BCUT2D eigenvalue weighted by atomic mass is 10.3. The molecule has 4 rings (SSSR count). The van der Waals surface area contributed by atoms with E-state index in [0.717, 1.165) is 11.6 Å². The number of aryl methyl sites for hydroxylation is 1. The summed E-state index contributed by atoms with van der Waals surface area (Å²) in [5.41, 5.74) is 2.53. The van der Waals surface area contributed by atoms with Gasteiger partial charge in [0.15, 0.2) is 5.82 Å². The molecule has 5 nitrogen and oxygen atoms in total. The van der Waals surface area contributed by atoms with E-state index < -0.39 is 11.6 Å². The molecule has 0 amide bonds. The molecule has 1 aromatic carbocycles. The maximum absolute atomic E-state index is 13.9. The third-order valence-electron chi connectivity index (χ3n) is 3.62. The Bertz CT molecular complexity index is 1050. The number of halogens is 3. The number of H-pyrrole nitrogens is 1. The zero-order valence-corrected chi connectivity index (χ0v) is 12.6. The Labute approximate surface area is 133 Å². The van der Waals surface area contributed by atoms with E-state index in [1.807, 2.05) is 0 Å². The van der Waals surface area contributed by atoms with Crippen LogP contribution in [-0.4, -0.2) is 19.5 Å². The summed E-state index contributed by atoms with van der Waals surface area (Å²) >= 11 is 5.92. The van der Waals surface area contributed by atoms with E-state index >= 15 is 0 Å². The van der Waals surface area contributed by atoms with Crippen molar-refractivity contribution in [2.75, 3.05) is 5.32 Å². The van der Waals surface area contributed by atoms with Gasteiger partial charge in [0, 0.05) is 25.4 Å². The monoisotopic (exact) mass is 333 g/mol. The van der Waals surface area contributed by atoms with Crippen molar-refractivity contribution >= 4 is 45.3 Å². The van der Waals surface area contributed by atoms with E-state index in [0.29, 0.717) is 22.3 Å². The van der Waals surface area contributed by atoms with E-state index in [2.05, 4.69) is 20.3 Å². The molecular weight excluding hydrogens is 324 g/mol. The van der Waals surface area contributed by atoms with Crippen LogP contribution in [0.15, 0.2) is 30.5 Å². The van der Waals surface area contributed by atoms with Crippen molar-refractivity contribution in [2.45, 2.75) is 0 Å². The summed E-state index contributed by atoms with van der Waals surface area (Å²) in [7, 11) is 1.65. The Balaban J connectivity index is 1.85. The van der Waals surface area contributed by atoms with Gasteiger partial charge in [-0.05, 0) is 12.1 Å². The van der Waals surface area contributed by atoms with Gasteiger partial charge >= 0.3 is 0 Å². The van der Waals surface area contributed by atoms with Crippen molar-refractivity contribution in [3.8, 4) is 0 Å². The Morgan fingerprint density at radius 3 is 2.87 bits per heavy atom. The smallest absolute Gasteiger partial charge is 0.208 e. The molecule has 0 saturated heterocycles. The summed E-state index contributed by atoms with van der Waals surface area (Å²) in [6.07, 6.45) is 1.71. The second-order valence-corrected chi connectivity index (χ2v) is 5.49. The van der Waals surface area contributed by atoms with Gasteiger partial charge in [-0.1, -0.05) is 11.6 Å². The fourth-order valence-electron chi connectivity index (χ4n) is 2.57. The van der Waals surface area contributed by atoms with Gasteiger partial charge in [0.25, 0.3) is 0 Å². The molecule has 0 spiro atoms. The number of aromatic amines is 1. The van der Waals surface area contributed by atoms with Crippen LogP contribution in [0.2, 0.25) is 5.15 Å². The Kier molecular flexibility index (Phi) is 2.99. The number of benzene rings is 1. The summed E-state index contributed by atoms with van der Waals surface area (Å²) in [5, 5.41) is 3.43. The molecule has 8 heteroatoms.